The van der Waals surface area contributed by atoms with Crippen LogP contribution in [-0.4, -0.2) is 70.2 Å². The first-order valence-corrected chi connectivity index (χ1v) is 5.88. The fourth-order valence-electron chi connectivity index (χ4n) is 2.06. The minimum atomic E-state index is -1.01. The van der Waals surface area contributed by atoms with Crippen LogP contribution >= 0.6 is 0 Å². The van der Waals surface area contributed by atoms with Crippen LogP contribution in [0.15, 0.2) is 0 Å². The topological polar surface area (TPSA) is 81.1 Å². The van der Waals surface area contributed by atoms with E-state index in [1.54, 1.807) is 0 Å². The summed E-state index contributed by atoms with van der Waals surface area (Å²) in [6, 6.07) is -0.541. The number of amides is 1. The number of nitrogens with zero attached hydrogens (tertiary/aromatic N) is 2. The zero-order chi connectivity index (χ0) is 13.0. The first kappa shape index (κ1) is 13.9. The molecule has 1 fully saturated rings. The molecule has 1 saturated heterocycles. The minimum Gasteiger partial charge on any atom is -0.480 e. The molecule has 0 saturated carbocycles. The lowest BCUT2D eigenvalue weighted by Crippen LogP contribution is -2.60. The first-order valence-electron chi connectivity index (χ1n) is 5.88. The van der Waals surface area contributed by atoms with Crippen molar-refractivity contribution in [2.24, 2.45) is 0 Å². The van der Waals surface area contributed by atoms with Crippen molar-refractivity contribution in [1.29, 1.82) is 0 Å². The van der Waals surface area contributed by atoms with Crippen molar-refractivity contribution in [3.63, 3.8) is 0 Å². The third kappa shape index (κ3) is 3.17. The van der Waals surface area contributed by atoms with Gasteiger partial charge in [-0.25, -0.2) is 4.79 Å². The minimum absolute atomic E-state index is 0.309. The molecule has 1 aliphatic rings. The van der Waals surface area contributed by atoms with E-state index in [-0.39, 0.29) is 0 Å². The van der Waals surface area contributed by atoms with Crippen LogP contribution in [0.3, 0.4) is 0 Å². The lowest BCUT2D eigenvalue weighted by Gasteiger charge is -2.41. The number of piperazine rings is 1. The molecule has 1 amide bonds. The van der Waals surface area contributed by atoms with Gasteiger partial charge in [-0.1, -0.05) is 6.92 Å². The summed E-state index contributed by atoms with van der Waals surface area (Å²) in [6.07, 6.45) is 0.945. The summed E-state index contributed by atoms with van der Waals surface area (Å²) < 4.78 is 0. The van der Waals surface area contributed by atoms with E-state index in [1.807, 2.05) is 13.8 Å². The number of hydrogen-bond donors (Lipinski definition) is 2. The van der Waals surface area contributed by atoms with Gasteiger partial charge in [0, 0.05) is 25.7 Å². The molecule has 98 valence electrons. The highest BCUT2D eigenvalue weighted by Gasteiger charge is 2.35. The number of aliphatic hydroxyl groups is 1. The van der Waals surface area contributed by atoms with Crippen LogP contribution in [0.1, 0.15) is 20.3 Å². The van der Waals surface area contributed by atoms with Crippen molar-refractivity contribution >= 4 is 11.9 Å². The molecule has 1 rings (SSSR count). The largest absolute Gasteiger partial charge is 0.480 e. The predicted octanol–water partition coefficient (Wildman–Crippen LogP) is -0.625. The van der Waals surface area contributed by atoms with E-state index in [0.717, 1.165) is 6.42 Å². The molecular weight excluding hydrogens is 224 g/mol. The highest BCUT2D eigenvalue weighted by Crippen LogP contribution is 2.14. The number of carboxylic acids is 1. The highest BCUT2D eigenvalue weighted by molar-refractivity contribution is 5.84. The molecule has 0 radical (unpaired) electrons. The lowest BCUT2D eigenvalue weighted by atomic mass is 10.1. The zero-order valence-corrected chi connectivity index (χ0v) is 10.3. The molecule has 2 unspecified atom stereocenters. The van der Waals surface area contributed by atoms with Crippen LogP contribution in [0.4, 0.5) is 0 Å². The lowest BCUT2D eigenvalue weighted by molar-refractivity contribution is -0.155. The fourth-order valence-corrected chi connectivity index (χ4v) is 2.06. The molecule has 2 atom stereocenters. The Kier molecular flexibility index (Phi) is 4.89. The molecule has 0 spiro atoms. The maximum absolute atomic E-state index is 11.4. The Hall–Kier alpha value is -1.14. The molecule has 0 aromatic heterocycles. The normalized spacial score (nSPS) is 23.5. The quantitative estimate of drug-likeness (QED) is 0.688. The second-order valence-electron chi connectivity index (χ2n) is 4.35. The number of aliphatic carboxylic acids is 1. The van der Waals surface area contributed by atoms with E-state index < -0.39 is 24.5 Å². The van der Waals surface area contributed by atoms with Gasteiger partial charge in [0.2, 0.25) is 5.91 Å². The molecule has 0 aromatic carbocycles. The van der Waals surface area contributed by atoms with Crippen molar-refractivity contribution in [2.75, 3.05) is 26.2 Å². The van der Waals surface area contributed by atoms with Gasteiger partial charge >= 0.3 is 5.97 Å². The van der Waals surface area contributed by atoms with Gasteiger partial charge in [0.1, 0.15) is 12.6 Å². The number of carbonyl (C=O) groups is 2. The second-order valence-corrected chi connectivity index (χ2v) is 4.35. The predicted molar refractivity (Wildman–Crippen MR) is 61.5 cm³/mol. The van der Waals surface area contributed by atoms with Gasteiger partial charge in [-0.3, -0.25) is 9.69 Å². The smallest absolute Gasteiger partial charge is 0.327 e. The van der Waals surface area contributed by atoms with Gasteiger partial charge < -0.3 is 15.1 Å². The first-order chi connectivity index (χ1) is 8.01. The highest BCUT2D eigenvalue weighted by atomic mass is 16.4. The fraction of sp³-hybridized carbons (Fsp3) is 0.818. The molecule has 0 aliphatic carbocycles. The molecule has 0 bridgehead atoms. The van der Waals surface area contributed by atoms with E-state index in [0.29, 0.717) is 25.7 Å². The standard InChI is InChI=1S/C11H20N2O4/c1-3-8(2)12-4-5-13(10(15)7-14)9(6-12)11(16)17/h8-9,14H,3-7H2,1-2H3,(H,16,17). The molecule has 1 aliphatic heterocycles. The number of rotatable bonds is 4. The summed E-state index contributed by atoms with van der Waals surface area (Å²) >= 11 is 0. The van der Waals surface area contributed by atoms with Crippen LogP contribution in [0.2, 0.25) is 0 Å². The average molecular weight is 244 g/mol. The van der Waals surface area contributed by atoms with Crippen LogP contribution in [0.25, 0.3) is 0 Å². The van der Waals surface area contributed by atoms with E-state index >= 15 is 0 Å². The van der Waals surface area contributed by atoms with Crippen molar-refractivity contribution in [2.45, 2.75) is 32.4 Å². The second kappa shape index (κ2) is 5.97. The van der Waals surface area contributed by atoms with Gasteiger partial charge in [-0.2, -0.15) is 0 Å². The monoisotopic (exact) mass is 244 g/mol. The van der Waals surface area contributed by atoms with Gasteiger partial charge in [-0.05, 0) is 13.3 Å². The Labute approximate surface area is 101 Å². The summed E-state index contributed by atoms with van der Waals surface area (Å²) in [6.45, 7) is 4.81. The van der Waals surface area contributed by atoms with Crippen molar-refractivity contribution < 1.29 is 19.8 Å². The van der Waals surface area contributed by atoms with E-state index in [9.17, 15) is 9.59 Å². The zero-order valence-electron chi connectivity index (χ0n) is 10.3. The number of carbonyl (C=O) groups excluding carboxylic acids is 1. The Balaban J connectivity index is 2.74. The molecule has 6 nitrogen and oxygen atoms in total. The van der Waals surface area contributed by atoms with Crippen molar-refractivity contribution in [1.82, 2.24) is 9.80 Å². The molecule has 2 N–H and O–H groups in total. The van der Waals surface area contributed by atoms with Crippen LogP contribution in [-0.2, 0) is 9.59 Å². The maximum atomic E-state index is 11.4. The maximum Gasteiger partial charge on any atom is 0.327 e. The Morgan fingerprint density at radius 3 is 2.53 bits per heavy atom. The molecule has 6 heteroatoms. The van der Waals surface area contributed by atoms with Gasteiger partial charge in [0.25, 0.3) is 0 Å². The summed E-state index contributed by atoms with van der Waals surface area (Å²) in [5.41, 5.74) is 0. The Morgan fingerprint density at radius 2 is 2.06 bits per heavy atom. The van der Waals surface area contributed by atoms with Gasteiger partial charge in [-0.15, -0.1) is 0 Å². The third-order valence-corrected chi connectivity index (χ3v) is 3.37. The van der Waals surface area contributed by atoms with Gasteiger partial charge in [0.05, 0.1) is 0 Å². The number of aliphatic hydroxyl groups excluding tert-OH is 1. The number of hydrogen-bond acceptors (Lipinski definition) is 4. The summed E-state index contributed by atoms with van der Waals surface area (Å²) in [4.78, 5) is 25.9. The van der Waals surface area contributed by atoms with Crippen LogP contribution in [0.5, 0.6) is 0 Å². The molecule has 1 heterocycles. The summed E-state index contributed by atoms with van der Waals surface area (Å²) in [5, 5.41) is 17.9. The SMILES string of the molecule is CCC(C)N1CCN(C(=O)CO)C(C(=O)O)C1. The summed E-state index contributed by atoms with van der Waals surface area (Å²) in [5.74, 6) is -1.53. The summed E-state index contributed by atoms with van der Waals surface area (Å²) in [7, 11) is 0. The molecular formula is C11H20N2O4. The van der Waals surface area contributed by atoms with E-state index in [2.05, 4.69) is 4.90 Å². The average Bonchev–Trinajstić information content (AvgIpc) is 2.35. The molecule has 17 heavy (non-hydrogen) atoms. The Bertz CT molecular complexity index is 295. The third-order valence-electron chi connectivity index (χ3n) is 3.37. The van der Waals surface area contributed by atoms with Crippen molar-refractivity contribution in [3.05, 3.63) is 0 Å². The van der Waals surface area contributed by atoms with Crippen LogP contribution < -0.4 is 0 Å². The number of carboxylic acid groups (broad SMARTS) is 1. The molecule has 0 aromatic rings. The van der Waals surface area contributed by atoms with Gasteiger partial charge in [0.15, 0.2) is 0 Å². The van der Waals surface area contributed by atoms with Crippen molar-refractivity contribution in [3.8, 4) is 0 Å². The van der Waals surface area contributed by atoms with E-state index in [1.165, 1.54) is 4.90 Å². The van der Waals surface area contributed by atoms with E-state index in [4.69, 9.17) is 10.2 Å². The Morgan fingerprint density at radius 1 is 1.41 bits per heavy atom. The van der Waals surface area contributed by atoms with Crippen LogP contribution in [0, 0.1) is 0 Å².